The first-order valence-electron chi connectivity index (χ1n) is 6.69. The van der Waals surface area contributed by atoms with Gasteiger partial charge in [0.25, 0.3) is 0 Å². The van der Waals surface area contributed by atoms with Gasteiger partial charge in [0.1, 0.15) is 5.82 Å². The van der Waals surface area contributed by atoms with Crippen molar-refractivity contribution >= 4 is 5.97 Å². The third-order valence-electron chi connectivity index (χ3n) is 3.54. The van der Waals surface area contributed by atoms with Gasteiger partial charge in [0.05, 0.1) is 12.1 Å². The van der Waals surface area contributed by atoms with Gasteiger partial charge in [-0.15, -0.1) is 0 Å². The number of aromatic amines is 1. The molecule has 0 saturated carbocycles. The van der Waals surface area contributed by atoms with Gasteiger partial charge in [0.15, 0.2) is 0 Å². The Kier molecular flexibility index (Phi) is 3.93. The van der Waals surface area contributed by atoms with Crippen LogP contribution >= 0.6 is 0 Å². The molecule has 1 aromatic carbocycles. The molecule has 0 bridgehead atoms. The highest BCUT2D eigenvalue weighted by atomic mass is 16.4. The van der Waals surface area contributed by atoms with Crippen LogP contribution in [0, 0.1) is 27.7 Å². The standard InChI is InChI=1S/C16H20N2O2/c1-9-5-10(2)13(11(3)6-9)7-15-17-12(4)14(18-15)8-16(19)20/h5-6H,7-8H2,1-4H3,(H,17,18)(H,19,20). The van der Waals surface area contributed by atoms with E-state index in [4.69, 9.17) is 5.11 Å². The van der Waals surface area contributed by atoms with E-state index in [0.29, 0.717) is 12.1 Å². The number of nitrogens with one attached hydrogen (secondary N) is 1. The van der Waals surface area contributed by atoms with Gasteiger partial charge in [-0.05, 0) is 44.4 Å². The largest absolute Gasteiger partial charge is 0.481 e. The number of hydrogen-bond acceptors (Lipinski definition) is 2. The van der Waals surface area contributed by atoms with Crippen LogP contribution < -0.4 is 0 Å². The average Bonchev–Trinajstić information content (AvgIpc) is 2.63. The Morgan fingerprint density at radius 3 is 2.35 bits per heavy atom. The Bertz CT molecular complexity index is 633. The summed E-state index contributed by atoms with van der Waals surface area (Å²) >= 11 is 0. The molecule has 0 fully saturated rings. The van der Waals surface area contributed by atoms with Crippen LogP contribution in [0.4, 0.5) is 0 Å². The van der Waals surface area contributed by atoms with Gasteiger partial charge in [-0.1, -0.05) is 17.7 Å². The Labute approximate surface area is 118 Å². The molecule has 1 heterocycles. The second kappa shape index (κ2) is 5.49. The number of aromatic nitrogens is 2. The molecule has 20 heavy (non-hydrogen) atoms. The molecule has 1 aromatic heterocycles. The van der Waals surface area contributed by atoms with Crippen molar-refractivity contribution in [2.24, 2.45) is 0 Å². The molecule has 0 radical (unpaired) electrons. The maximum Gasteiger partial charge on any atom is 0.309 e. The van der Waals surface area contributed by atoms with Crippen LogP contribution in [0.1, 0.15) is 39.5 Å². The second-order valence-electron chi connectivity index (χ2n) is 5.38. The van der Waals surface area contributed by atoms with Gasteiger partial charge < -0.3 is 10.1 Å². The van der Waals surface area contributed by atoms with Crippen molar-refractivity contribution in [1.29, 1.82) is 0 Å². The minimum absolute atomic E-state index is 0.0335. The lowest BCUT2D eigenvalue weighted by atomic mass is 9.97. The Hall–Kier alpha value is -2.10. The van der Waals surface area contributed by atoms with Crippen LogP contribution in [0.2, 0.25) is 0 Å². The van der Waals surface area contributed by atoms with E-state index in [2.05, 4.69) is 42.9 Å². The van der Waals surface area contributed by atoms with E-state index >= 15 is 0 Å². The minimum atomic E-state index is -0.853. The number of aliphatic carboxylic acids is 1. The number of hydrogen-bond donors (Lipinski definition) is 2. The van der Waals surface area contributed by atoms with Crippen molar-refractivity contribution in [1.82, 2.24) is 9.97 Å². The average molecular weight is 272 g/mol. The van der Waals surface area contributed by atoms with Gasteiger partial charge in [0, 0.05) is 12.1 Å². The maximum atomic E-state index is 10.8. The molecule has 0 atom stereocenters. The third-order valence-corrected chi connectivity index (χ3v) is 3.54. The molecule has 0 unspecified atom stereocenters. The van der Waals surface area contributed by atoms with Crippen molar-refractivity contribution in [2.75, 3.05) is 0 Å². The molecule has 0 aliphatic carbocycles. The first kappa shape index (κ1) is 14.3. The van der Waals surface area contributed by atoms with E-state index in [0.717, 1.165) is 11.5 Å². The summed E-state index contributed by atoms with van der Waals surface area (Å²) < 4.78 is 0. The third kappa shape index (κ3) is 3.07. The smallest absolute Gasteiger partial charge is 0.309 e. The molecular weight excluding hydrogens is 252 g/mol. The number of benzene rings is 1. The molecule has 0 spiro atoms. The number of imidazole rings is 1. The summed E-state index contributed by atoms with van der Waals surface area (Å²) in [5.74, 6) is -0.0253. The normalized spacial score (nSPS) is 10.8. The van der Waals surface area contributed by atoms with E-state index < -0.39 is 5.97 Å². The van der Waals surface area contributed by atoms with Crippen LogP contribution in [-0.4, -0.2) is 21.0 Å². The molecule has 2 N–H and O–H groups in total. The molecule has 0 amide bonds. The van der Waals surface area contributed by atoms with E-state index in [9.17, 15) is 4.79 Å². The lowest BCUT2D eigenvalue weighted by Gasteiger charge is -2.09. The summed E-state index contributed by atoms with van der Waals surface area (Å²) in [6.07, 6.45) is 0.673. The van der Waals surface area contributed by atoms with Crippen molar-refractivity contribution < 1.29 is 9.90 Å². The van der Waals surface area contributed by atoms with Gasteiger partial charge in [-0.3, -0.25) is 4.79 Å². The maximum absolute atomic E-state index is 10.8. The number of carboxylic acid groups (broad SMARTS) is 1. The fraction of sp³-hybridized carbons (Fsp3) is 0.375. The van der Waals surface area contributed by atoms with Crippen LogP contribution in [-0.2, 0) is 17.6 Å². The Balaban J connectivity index is 2.29. The molecule has 0 aliphatic rings. The summed E-state index contributed by atoms with van der Waals surface area (Å²) in [5.41, 5.74) is 6.46. The molecule has 0 saturated heterocycles. The van der Waals surface area contributed by atoms with Crippen LogP contribution in [0.3, 0.4) is 0 Å². The van der Waals surface area contributed by atoms with Crippen molar-refractivity contribution in [3.05, 3.63) is 51.6 Å². The summed E-state index contributed by atoms with van der Waals surface area (Å²) in [5, 5.41) is 8.86. The van der Waals surface area contributed by atoms with E-state index in [1.54, 1.807) is 0 Å². The molecular formula is C16H20N2O2. The molecule has 106 valence electrons. The van der Waals surface area contributed by atoms with Crippen molar-refractivity contribution in [3.63, 3.8) is 0 Å². The Morgan fingerprint density at radius 1 is 1.20 bits per heavy atom. The molecule has 4 nitrogen and oxygen atoms in total. The SMILES string of the molecule is Cc1cc(C)c(Cc2nc(CC(=O)O)c(C)[nH]2)c(C)c1. The fourth-order valence-electron chi connectivity index (χ4n) is 2.62. The number of rotatable bonds is 4. The summed E-state index contributed by atoms with van der Waals surface area (Å²) in [7, 11) is 0. The number of carbonyl (C=O) groups is 1. The monoisotopic (exact) mass is 272 g/mol. The highest BCUT2D eigenvalue weighted by molar-refractivity contribution is 5.69. The van der Waals surface area contributed by atoms with Gasteiger partial charge in [-0.25, -0.2) is 4.98 Å². The Morgan fingerprint density at radius 2 is 1.80 bits per heavy atom. The number of carboxylic acids is 1. The van der Waals surface area contributed by atoms with Gasteiger partial charge >= 0.3 is 5.97 Å². The van der Waals surface area contributed by atoms with Crippen molar-refractivity contribution in [3.8, 4) is 0 Å². The molecule has 2 aromatic rings. The van der Waals surface area contributed by atoms with Crippen molar-refractivity contribution in [2.45, 2.75) is 40.5 Å². The van der Waals surface area contributed by atoms with E-state index in [1.165, 1.54) is 22.3 Å². The predicted octanol–water partition coefficient (Wildman–Crippen LogP) is 2.86. The quantitative estimate of drug-likeness (QED) is 0.899. The summed E-state index contributed by atoms with van der Waals surface area (Å²) in [6, 6.07) is 4.33. The van der Waals surface area contributed by atoms with E-state index in [-0.39, 0.29) is 6.42 Å². The first-order valence-corrected chi connectivity index (χ1v) is 6.69. The van der Waals surface area contributed by atoms with Crippen LogP contribution in [0.25, 0.3) is 0 Å². The van der Waals surface area contributed by atoms with Gasteiger partial charge in [0.2, 0.25) is 0 Å². The lowest BCUT2D eigenvalue weighted by Crippen LogP contribution is -2.02. The fourth-order valence-corrected chi connectivity index (χ4v) is 2.62. The zero-order chi connectivity index (χ0) is 14.9. The highest BCUT2D eigenvalue weighted by Crippen LogP contribution is 2.19. The first-order chi connectivity index (χ1) is 9.36. The predicted molar refractivity (Wildman–Crippen MR) is 78.1 cm³/mol. The molecule has 2 rings (SSSR count). The number of nitrogens with zero attached hydrogens (tertiary/aromatic N) is 1. The second-order valence-corrected chi connectivity index (χ2v) is 5.38. The lowest BCUT2D eigenvalue weighted by molar-refractivity contribution is -0.136. The minimum Gasteiger partial charge on any atom is -0.481 e. The number of H-pyrrole nitrogens is 1. The summed E-state index contributed by atoms with van der Waals surface area (Å²) in [4.78, 5) is 18.4. The zero-order valence-corrected chi connectivity index (χ0v) is 12.4. The topological polar surface area (TPSA) is 66.0 Å². The van der Waals surface area contributed by atoms with Gasteiger partial charge in [-0.2, -0.15) is 0 Å². The van der Waals surface area contributed by atoms with E-state index in [1.807, 2.05) is 6.92 Å². The zero-order valence-electron chi connectivity index (χ0n) is 12.4. The van der Waals surface area contributed by atoms with Crippen LogP contribution in [0.5, 0.6) is 0 Å². The number of aryl methyl sites for hydroxylation is 4. The molecule has 4 heteroatoms. The highest BCUT2D eigenvalue weighted by Gasteiger charge is 2.12. The van der Waals surface area contributed by atoms with Crippen LogP contribution in [0.15, 0.2) is 12.1 Å². The summed E-state index contributed by atoms with van der Waals surface area (Å²) in [6.45, 7) is 8.15. The molecule has 0 aliphatic heterocycles.